The molecule has 0 bridgehead atoms. The molecule has 0 aliphatic carbocycles. The summed E-state index contributed by atoms with van der Waals surface area (Å²) in [6.45, 7) is 0. The molecule has 0 amide bonds. The minimum Gasteiger partial charge on any atom is -0.493 e. The summed E-state index contributed by atoms with van der Waals surface area (Å²) >= 11 is 0. The predicted molar refractivity (Wildman–Crippen MR) is 72.0 cm³/mol. The molecule has 2 N–H and O–H groups in total. The summed E-state index contributed by atoms with van der Waals surface area (Å²) in [5.74, 6) is 0.585. The van der Waals surface area contributed by atoms with Crippen LogP contribution in [0.25, 0.3) is 10.9 Å². The lowest BCUT2D eigenvalue weighted by Gasteiger charge is -2.08. The maximum atomic E-state index is 10.5. The van der Waals surface area contributed by atoms with Gasteiger partial charge in [-0.15, -0.1) is 0 Å². The van der Waals surface area contributed by atoms with E-state index in [4.69, 9.17) is 14.6 Å². The van der Waals surface area contributed by atoms with E-state index in [-0.39, 0.29) is 6.42 Å². The van der Waals surface area contributed by atoms with Gasteiger partial charge in [0.15, 0.2) is 11.5 Å². The number of aromatic amines is 1. The van der Waals surface area contributed by atoms with Gasteiger partial charge in [0.2, 0.25) is 0 Å². The van der Waals surface area contributed by atoms with E-state index in [0.29, 0.717) is 17.9 Å². The van der Waals surface area contributed by atoms with Gasteiger partial charge in [-0.2, -0.15) is 0 Å². The van der Waals surface area contributed by atoms with Crippen molar-refractivity contribution in [3.8, 4) is 11.5 Å². The Morgan fingerprint density at radius 2 is 1.95 bits per heavy atom. The fourth-order valence-electron chi connectivity index (χ4n) is 2.14. The van der Waals surface area contributed by atoms with E-state index in [9.17, 15) is 4.79 Å². The number of carbonyl (C=O) groups is 1. The molecule has 0 unspecified atom stereocenters. The molecular weight excluding hydrogens is 246 g/mol. The lowest BCUT2D eigenvalue weighted by molar-refractivity contribution is -0.137. The van der Waals surface area contributed by atoms with Gasteiger partial charge < -0.3 is 19.6 Å². The van der Waals surface area contributed by atoms with Crippen molar-refractivity contribution < 1.29 is 19.4 Å². The highest BCUT2D eigenvalue weighted by molar-refractivity contribution is 5.86. The fraction of sp³-hybridized carbons (Fsp3) is 0.357. The molecule has 0 spiro atoms. The zero-order valence-corrected chi connectivity index (χ0v) is 11.0. The van der Waals surface area contributed by atoms with Crippen molar-refractivity contribution in [2.45, 2.75) is 19.3 Å². The first-order valence-corrected chi connectivity index (χ1v) is 6.09. The second-order valence-electron chi connectivity index (χ2n) is 4.31. The Morgan fingerprint density at radius 1 is 1.26 bits per heavy atom. The molecule has 0 radical (unpaired) electrons. The highest BCUT2D eigenvalue weighted by atomic mass is 16.5. The number of carboxylic acid groups (broad SMARTS) is 1. The molecular formula is C14H17NO4. The minimum atomic E-state index is -0.765. The number of hydrogen-bond donors (Lipinski definition) is 2. The number of hydrogen-bond acceptors (Lipinski definition) is 3. The third kappa shape index (κ3) is 2.81. The van der Waals surface area contributed by atoms with Gasteiger partial charge in [-0.25, -0.2) is 0 Å². The Balaban J connectivity index is 2.28. The molecule has 19 heavy (non-hydrogen) atoms. The molecule has 2 aromatic rings. The van der Waals surface area contributed by atoms with Crippen LogP contribution in [-0.2, 0) is 11.2 Å². The number of methoxy groups -OCH3 is 2. The number of benzene rings is 1. The number of nitrogens with one attached hydrogen (secondary N) is 1. The zero-order valence-electron chi connectivity index (χ0n) is 11.0. The molecule has 102 valence electrons. The van der Waals surface area contributed by atoms with Crippen molar-refractivity contribution >= 4 is 16.9 Å². The van der Waals surface area contributed by atoms with Crippen LogP contribution in [0.4, 0.5) is 0 Å². The Kier molecular flexibility index (Phi) is 3.94. The van der Waals surface area contributed by atoms with Crippen LogP contribution in [0.2, 0.25) is 0 Å². The average Bonchev–Trinajstić information content (AvgIpc) is 2.79. The Bertz CT molecular complexity index is 588. The number of rotatable bonds is 6. The topological polar surface area (TPSA) is 71.6 Å². The first-order valence-electron chi connectivity index (χ1n) is 6.09. The van der Waals surface area contributed by atoms with Crippen LogP contribution in [0.1, 0.15) is 18.4 Å². The molecule has 5 heteroatoms. The van der Waals surface area contributed by atoms with Crippen LogP contribution >= 0.6 is 0 Å². The smallest absolute Gasteiger partial charge is 0.303 e. The van der Waals surface area contributed by atoms with Gasteiger partial charge in [-0.05, 0) is 24.5 Å². The first-order chi connectivity index (χ1) is 9.15. The largest absolute Gasteiger partial charge is 0.493 e. The maximum Gasteiger partial charge on any atom is 0.303 e. The van der Waals surface area contributed by atoms with Crippen molar-refractivity contribution in [3.63, 3.8) is 0 Å². The number of ether oxygens (including phenoxy) is 2. The van der Waals surface area contributed by atoms with Crippen LogP contribution in [0, 0.1) is 0 Å². The molecule has 0 atom stereocenters. The van der Waals surface area contributed by atoms with E-state index in [2.05, 4.69) is 4.98 Å². The zero-order chi connectivity index (χ0) is 13.8. The standard InChI is InChI=1S/C14H17NO4/c1-18-12-6-10-9(4-3-5-14(16)17)8-15-11(10)7-13(12)19-2/h6-8,15H,3-5H2,1-2H3,(H,16,17). The van der Waals surface area contributed by atoms with Crippen LogP contribution in [0.3, 0.4) is 0 Å². The second kappa shape index (κ2) is 5.65. The van der Waals surface area contributed by atoms with Crippen molar-refractivity contribution in [3.05, 3.63) is 23.9 Å². The van der Waals surface area contributed by atoms with Crippen molar-refractivity contribution in [1.82, 2.24) is 4.98 Å². The normalized spacial score (nSPS) is 10.6. The van der Waals surface area contributed by atoms with Gasteiger partial charge in [-0.1, -0.05) is 0 Å². The summed E-state index contributed by atoms with van der Waals surface area (Å²) in [6.07, 6.45) is 3.43. The molecule has 1 aromatic carbocycles. The third-order valence-electron chi connectivity index (χ3n) is 3.11. The summed E-state index contributed by atoms with van der Waals surface area (Å²) in [4.78, 5) is 13.7. The van der Waals surface area contributed by atoms with E-state index in [0.717, 1.165) is 22.9 Å². The predicted octanol–water partition coefficient (Wildman–Crippen LogP) is 2.59. The van der Waals surface area contributed by atoms with Gasteiger partial charge in [0.1, 0.15) is 0 Å². The van der Waals surface area contributed by atoms with Gasteiger partial charge in [0.25, 0.3) is 0 Å². The highest BCUT2D eigenvalue weighted by Crippen LogP contribution is 2.33. The lowest BCUT2D eigenvalue weighted by Crippen LogP contribution is -1.95. The molecule has 0 saturated heterocycles. The highest BCUT2D eigenvalue weighted by Gasteiger charge is 2.10. The summed E-state index contributed by atoms with van der Waals surface area (Å²) in [6, 6.07) is 3.80. The van der Waals surface area contributed by atoms with Gasteiger partial charge in [-0.3, -0.25) is 4.79 Å². The third-order valence-corrected chi connectivity index (χ3v) is 3.11. The number of fused-ring (bicyclic) bond motifs is 1. The molecule has 0 fully saturated rings. The summed E-state index contributed by atoms with van der Waals surface area (Å²) in [5.41, 5.74) is 2.06. The molecule has 2 rings (SSSR count). The lowest BCUT2D eigenvalue weighted by atomic mass is 10.1. The van der Waals surface area contributed by atoms with E-state index in [1.54, 1.807) is 14.2 Å². The Labute approximate surface area is 111 Å². The van der Waals surface area contributed by atoms with Crippen LogP contribution < -0.4 is 9.47 Å². The fourth-order valence-corrected chi connectivity index (χ4v) is 2.14. The van der Waals surface area contributed by atoms with E-state index in [1.165, 1.54) is 0 Å². The minimum absolute atomic E-state index is 0.181. The van der Waals surface area contributed by atoms with Crippen LogP contribution in [0.15, 0.2) is 18.3 Å². The molecule has 1 aromatic heterocycles. The molecule has 0 aliphatic heterocycles. The summed E-state index contributed by atoms with van der Waals surface area (Å²) in [7, 11) is 3.20. The molecule has 0 aliphatic rings. The maximum absolute atomic E-state index is 10.5. The van der Waals surface area contributed by atoms with Crippen molar-refractivity contribution in [1.29, 1.82) is 0 Å². The molecule has 0 saturated carbocycles. The van der Waals surface area contributed by atoms with Gasteiger partial charge in [0.05, 0.1) is 14.2 Å². The monoisotopic (exact) mass is 263 g/mol. The van der Waals surface area contributed by atoms with E-state index in [1.807, 2.05) is 18.3 Å². The van der Waals surface area contributed by atoms with Crippen LogP contribution in [0.5, 0.6) is 11.5 Å². The number of aliphatic carboxylic acids is 1. The van der Waals surface area contributed by atoms with E-state index >= 15 is 0 Å². The van der Waals surface area contributed by atoms with Crippen molar-refractivity contribution in [2.75, 3.05) is 14.2 Å². The Hall–Kier alpha value is -2.17. The second-order valence-corrected chi connectivity index (χ2v) is 4.31. The molecule has 1 heterocycles. The summed E-state index contributed by atoms with van der Waals surface area (Å²) < 4.78 is 10.5. The number of H-pyrrole nitrogens is 1. The SMILES string of the molecule is COc1cc2[nH]cc(CCCC(=O)O)c2cc1OC. The van der Waals surface area contributed by atoms with Gasteiger partial charge in [0, 0.05) is 29.6 Å². The first kappa shape index (κ1) is 13.3. The number of aryl methyl sites for hydroxylation is 1. The average molecular weight is 263 g/mol. The van der Waals surface area contributed by atoms with Gasteiger partial charge >= 0.3 is 5.97 Å². The number of carboxylic acids is 1. The van der Waals surface area contributed by atoms with E-state index < -0.39 is 5.97 Å². The number of aromatic nitrogens is 1. The van der Waals surface area contributed by atoms with Crippen LogP contribution in [-0.4, -0.2) is 30.3 Å². The van der Waals surface area contributed by atoms with Crippen molar-refractivity contribution in [2.24, 2.45) is 0 Å². The Morgan fingerprint density at radius 3 is 2.58 bits per heavy atom. The molecule has 5 nitrogen and oxygen atoms in total. The summed E-state index contributed by atoms with van der Waals surface area (Å²) in [5, 5.41) is 9.71. The quantitative estimate of drug-likeness (QED) is 0.840.